The van der Waals surface area contributed by atoms with E-state index >= 15 is 0 Å². The number of nitrogens with one attached hydrogen (secondary N) is 1. The van der Waals surface area contributed by atoms with E-state index < -0.39 is 11.0 Å². The van der Waals surface area contributed by atoms with Gasteiger partial charge in [0.2, 0.25) is 5.91 Å². The molecule has 2 fully saturated rings. The Hall–Kier alpha value is -0.730. The zero-order valence-corrected chi connectivity index (χ0v) is 12.3. The summed E-state index contributed by atoms with van der Waals surface area (Å²) in [5.74, 6) is 0.788. The predicted octanol–water partition coefficient (Wildman–Crippen LogP) is 1.83. The van der Waals surface area contributed by atoms with E-state index in [1.807, 2.05) is 0 Å². The van der Waals surface area contributed by atoms with Gasteiger partial charge in [-0.25, -0.2) is 0 Å². The average Bonchev–Trinajstić information content (AvgIpc) is 2.90. The number of carbonyl (C=O) groups is 1. The fourth-order valence-electron chi connectivity index (χ4n) is 3.01. The van der Waals surface area contributed by atoms with Gasteiger partial charge in [-0.15, -0.1) is 0 Å². The van der Waals surface area contributed by atoms with Crippen molar-refractivity contribution in [3.8, 4) is 6.07 Å². The van der Waals surface area contributed by atoms with Crippen molar-refractivity contribution in [2.45, 2.75) is 56.3 Å². The largest absolute Gasteiger partial charge is 0.387 e. The van der Waals surface area contributed by atoms with Crippen molar-refractivity contribution < 1.29 is 9.90 Å². The maximum Gasteiger partial charge on any atom is 0.240 e. The van der Waals surface area contributed by atoms with Crippen molar-refractivity contribution in [3.63, 3.8) is 0 Å². The molecule has 0 bridgehead atoms. The molecule has 0 saturated heterocycles. The van der Waals surface area contributed by atoms with E-state index in [9.17, 15) is 15.2 Å². The van der Waals surface area contributed by atoms with Crippen LogP contribution in [0.3, 0.4) is 0 Å². The van der Waals surface area contributed by atoms with Crippen LogP contribution < -0.4 is 5.32 Å². The number of amides is 1. The number of carbonyl (C=O) groups excluding carboxylic acids is 1. The Balaban J connectivity index is 1.88. The minimum atomic E-state index is -0.840. The molecule has 0 aromatic rings. The quantitative estimate of drug-likeness (QED) is 0.807. The second-order valence-corrected chi connectivity index (χ2v) is 7.15. The third kappa shape index (κ3) is 2.75. The molecule has 106 valence electrons. The van der Waals surface area contributed by atoms with Crippen molar-refractivity contribution in [2.75, 3.05) is 12.3 Å². The van der Waals surface area contributed by atoms with Crippen LogP contribution in [0.2, 0.25) is 0 Å². The average molecular weight is 282 g/mol. The summed E-state index contributed by atoms with van der Waals surface area (Å²) in [6.07, 6.45) is 4.94. The third-order valence-corrected chi connectivity index (χ3v) is 5.88. The van der Waals surface area contributed by atoms with Gasteiger partial charge >= 0.3 is 0 Å². The minimum absolute atomic E-state index is 0.187. The summed E-state index contributed by atoms with van der Waals surface area (Å²) in [7, 11) is 0. The highest BCUT2D eigenvalue weighted by Gasteiger charge is 2.47. The number of nitriles is 1. The molecule has 0 radical (unpaired) electrons. The number of hydrogen-bond donors (Lipinski definition) is 2. The van der Waals surface area contributed by atoms with Crippen LogP contribution in [0.25, 0.3) is 0 Å². The van der Waals surface area contributed by atoms with Gasteiger partial charge in [0.05, 0.1) is 11.7 Å². The van der Waals surface area contributed by atoms with Crippen molar-refractivity contribution in [2.24, 2.45) is 5.41 Å². The van der Waals surface area contributed by atoms with Crippen molar-refractivity contribution >= 4 is 17.7 Å². The van der Waals surface area contributed by atoms with Gasteiger partial charge in [0, 0.05) is 11.8 Å². The summed E-state index contributed by atoms with van der Waals surface area (Å²) in [4.78, 5) is 12.2. The van der Waals surface area contributed by atoms with Gasteiger partial charge in [-0.1, -0.05) is 19.8 Å². The third-order valence-electron chi connectivity index (χ3n) is 4.47. The van der Waals surface area contributed by atoms with E-state index in [0.717, 1.165) is 31.4 Å². The fourth-order valence-corrected chi connectivity index (χ4v) is 4.21. The van der Waals surface area contributed by atoms with Crippen LogP contribution >= 0.6 is 11.8 Å². The molecule has 0 heterocycles. The molecule has 2 N–H and O–H groups in total. The topological polar surface area (TPSA) is 73.1 Å². The number of hydrogen-bond acceptors (Lipinski definition) is 4. The Morgan fingerprint density at radius 1 is 1.47 bits per heavy atom. The lowest BCUT2D eigenvalue weighted by molar-refractivity contribution is -0.130. The lowest BCUT2D eigenvalue weighted by atomic mass is 9.79. The zero-order chi connectivity index (χ0) is 13.9. The number of nitrogens with zero attached hydrogens (tertiary/aromatic N) is 1. The Labute approximate surface area is 118 Å². The van der Waals surface area contributed by atoms with Crippen LogP contribution in [0.4, 0.5) is 0 Å². The van der Waals surface area contributed by atoms with Crippen LogP contribution in [0.1, 0.15) is 45.4 Å². The van der Waals surface area contributed by atoms with Gasteiger partial charge < -0.3 is 10.4 Å². The first-order valence-corrected chi connectivity index (χ1v) is 8.15. The molecule has 4 nitrogen and oxygen atoms in total. The molecule has 0 unspecified atom stereocenters. The fraction of sp³-hybridized carbons (Fsp3) is 0.857. The highest BCUT2D eigenvalue weighted by Crippen LogP contribution is 2.41. The predicted molar refractivity (Wildman–Crippen MR) is 75.6 cm³/mol. The minimum Gasteiger partial charge on any atom is -0.387 e. The van der Waals surface area contributed by atoms with Gasteiger partial charge in [0.25, 0.3) is 0 Å². The van der Waals surface area contributed by atoms with Crippen molar-refractivity contribution in [1.82, 2.24) is 5.32 Å². The smallest absolute Gasteiger partial charge is 0.240 e. The molecule has 5 heteroatoms. The van der Waals surface area contributed by atoms with E-state index in [4.69, 9.17) is 0 Å². The Morgan fingerprint density at radius 2 is 2.16 bits per heavy atom. The van der Waals surface area contributed by atoms with E-state index in [0.29, 0.717) is 12.8 Å². The van der Waals surface area contributed by atoms with E-state index in [1.165, 1.54) is 0 Å². The monoisotopic (exact) mass is 282 g/mol. The molecule has 2 atom stereocenters. The second kappa shape index (κ2) is 5.72. The lowest BCUT2D eigenvalue weighted by Gasteiger charge is -2.45. The molecular weight excluding hydrogens is 260 g/mol. The van der Waals surface area contributed by atoms with Crippen LogP contribution in [0.5, 0.6) is 0 Å². The normalized spacial score (nSPS) is 32.4. The maximum atomic E-state index is 12.2. The molecule has 2 aliphatic rings. The van der Waals surface area contributed by atoms with Crippen LogP contribution in [-0.4, -0.2) is 34.2 Å². The van der Waals surface area contributed by atoms with Gasteiger partial charge in [0.1, 0.15) is 5.41 Å². The Kier molecular flexibility index (Phi) is 4.42. The standard InChI is InChI=1S/C14H22N2O2S/c1-2-19-11-5-8-14(11,18)10-16-12(17)13(9-15)6-3-4-7-13/h11,18H,2-8,10H2,1H3,(H,16,17)/t11-,14-/m0/s1. The van der Waals surface area contributed by atoms with Crippen LogP contribution in [0.15, 0.2) is 0 Å². The Morgan fingerprint density at radius 3 is 2.63 bits per heavy atom. The summed E-state index contributed by atoms with van der Waals surface area (Å²) in [6.45, 7) is 2.36. The molecule has 0 aromatic heterocycles. The molecule has 2 saturated carbocycles. The molecule has 1 amide bonds. The summed E-state index contributed by atoms with van der Waals surface area (Å²) in [5, 5.41) is 22.7. The van der Waals surface area contributed by atoms with Gasteiger partial charge in [-0.3, -0.25) is 4.79 Å². The summed E-state index contributed by atoms with van der Waals surface area (Å²) in [5.41, 5.74) is -1.61. The van der Waals surface area contributed by atoms with E-state index in [1.54, 1.807) is 11.8 Å². The molecule has 0 aliphatic heterocycles. The number of thioether (sulfide) groups is 1. The highest BCUT2D eigenvalue weighted by molar-refractivity contribution is 8.00. The van der Waals surface area contributed by atoms with Crippen LogP contribution in [-0.2, 0) is 4.79 Å². The molecule has 2 aliphatic carbocycles. The SMILES string of the molecule is CCS[C@H]1CC[C@]1(O)CNC(=O)C1(C#N)CCCC1. The summed E-state index contributed by atoms with van der Waals surface area (Å²) in [6, 6.07) is 2.19. The molecular formula is C14H22N2O2S. The molecule has 19 heavy (non-hydrogen) atoms. The van der Waals surface area contributed by atoms with Gasteiger partial charge in [-0.2, -0.15) is 17.0 Å². The second-order valence-electron chi connectivity index (χ2n) is 5.67. The first-order valence-electron chi connectivity index (χ1n) is 7.10. The van der Waals surface area contributed by atoms with Crippen molar-refractivity contribution in [1.29, 1.82) is 5.26 Å². The summed E-state index contributed by atoms with van der Waals surface area (Å²) < 4.78 is 0. The van der Waals surface area contributed by atoms with E-state index in [-0.39, 0.29) is 17.7 Å². The first kappa shape index (κ1) is 14.7. The molecule has 0 spiro atoms. The van der Waals surface area contributed by atoms with Gasteiger partial charge in [0.15, 0.2) is 0 Å². The number of aliphatic hydroxyl groups is 1. The Bertz CT molecular complexity index is 387. The molecule has 0 aromatic carbocycles. The maximum absolute atomic E-state index is 12.2. The molecule has 2 rings (SSSR count). The van der Waals surface area contributed by atoms with Crippen molar-refractivity contribution in [3.05, 3.63) is 0 Å². The first-order chi connectivity index (χ1) is 9.06. The summed E-state index contributed by atoms with van der Waals surface area (Å²) >= 11 is 1.75. The van der Waals surface area contributed by atoms with E-state index in [2.05, 4.69) is 18.3 Å². The lowest BCUT2D eigenvalue weighted by Crippen LogP contribution is -2.58. The van der Waals surface area contributed by atoms with Gasteiger partial charge in [-0.05, 0) is 31.4 Å². The highest BCUT2D eigenvalue weighted by atomic mass is 32.2. The van der Waals surface area contributed by atoms with Crippen LogP contribution in [0, 0.1) is 16.7 Å². The number of rotatable bonds is 5. The zero-order valence-electron chi connectivity index (χ0n) is 11.4.